The average molecular weight is 304 g/mol. The highest BCUT2D eigenvalue weighted by molar-refractivity contribution is 7.07. The van der Waals surface area contributed by atoms with Gasteiger partial charge in [-0.3, -0.25) is 4.79 Å². The molecule has 1 aromatic carbocycles. The highest BCUT2D eigenvalue weighted by Crippen LogP contribution is 2.15. The van der Waals surface area contributed by atoms with Gasteiger partial charge in [0.2, 0.25) is 5.91 Å². The van der Waals surface area contributed by atoms with Gasteiger partial charge in [-0.15, -0.1) is 0 Å². The SMILES string of the molecule is COc1ccc(NC(=O)C[C@H](C)NCc2ccsc2)cc1. The van der Waals surface area contributed by atoms with Gasteiger partial charge in [0, 0.05) is 24.7 Å². The van der Waals surface area contributed by atoms with E-state index in [4.69, 9.17) is 4.74 Å². The summed E-state index contributed by atoms with van der Waals surface area (Å²) in [7, 11) is 1.62. The molecule has 2 rings (SSSR count). The number of ether oxygens (including phenoxy) is 1. The largest absolute Gasteiger partial charge is 0.497 e. The predicted octanol–water partition coefficient (Wildman–Crippen LogP) is 3.26. The van der Waals surface area contributed by atoms with Crippen LogP contribution in [-0.4, -0.2) is 19.1 Å². The zero-order chi connectivity index (χ0) is 15.1. The second kappa shape index (κ2) is 7.81. The van der Waals surface area contributed by atoms with Gasteiger partial charge >= 0.3 is 0 Å². The summed E-state index contributed by atoms with van der Waals surface area (Å²) in [6.45, 7) is 2.81. The van der Waals surface area contributed by atoms with Crippen LogP contribution in [0.3, 0.4) is 0 Å². The number of thiophene rings is 1. The molecular weight excluding hydrogens is 284 g/mol. The van der Waals surface area contributed by atoms with E-state index in [2.05, 4.69) is 27.5 Å². The van der Waals surface area contributed by atoms with Gasteiger partial charge in [0.15, 0.2) is 0 Å². The van der Waals surface area contributed by atoms with Crippen LogP contribution in [0.4, 0.5) is 5.69 Å². The number of nitrogens with one attached hydrogen (secondary N) is 2. The van der Waals surface area contributed by atoms with Gasteiger partial charge in [-0.25, -0.2) is 0 Å². The van der Waals surface area contributed by atoms with Crippen LogP contribution in [-0.2, 0) is 11.3 Å². The Hall–Kier alpha value is -1.85. The Morgan fingerprint density at radius 3 is 2.67 bits per heavy atom. The van der Waals surface area contributed by atoms with Crippen LogP contribution < -0.4 is 15.4 Å². The van der Waals surface area contributed by atoms with Gasteiger partial charge in [-0.2, -0.15) is 11.3 Å². The van der Waals surface area contributed by atoms with E-state index in [1.54, 1.807) is 18.4 Å². The van der Waals surface area contributed by atoms with E-state index in [1.807, 2.05) is 31.2 Å². The zero-order valence-corrected chi connectivity index (χ0v) is 13.1. The molecular formula is C16H20N2O2S. The highest BCUT2D eigenvalue weighted by atomic mass is 32.1. The molecule has 0 saturated heterocycles. The molecule has 21 heavy (non-hydrogen) atoms. The topological polar surface area (TPSA) is 50.4 Å². The maximum atomic E-state index is 12.0. The predicted molar refractivity (Wildman–Crippen MR) is 86.9 cm³/mol. The maximum absolute atomic E-state index is 12.0. The van der Waals surface area contributed by atoms with E-state index in [0.29, 0.717) is 6.42 Å². The molecule has 0 aliphatic carbocycles. The molecule has 0 radical (unpaired) electrons. The third-order valence-electron chi connectivity index (χ3n) is 3.10. The van der Waals surface area contributed by atoms with E-state index >= 15 is 0 Å². The smallest absolute Gasteiger partial charge is 0.225 e. The Bertz CT molecular complexity index is 552. The summed E-state index contributed by atoms with van der Waals surface area (Å²) in [5, 5.41) is 10.4. The molecule has 1 amide bonds. The van der Waals surface area contributed by atoms with Crippen molar-refractivity contribution >= 4 is 22.9 Å². The molecule has 5 heteroatoms. The lowest BCUT2D eigenvalue weighted by atomic mass is 10.2. The van der Waals surface area contributed by atoms with Crippen molar-refractivity contribution in [2.75, 3.05) is 12.4 Å². The van der Waals surface area contributed by atoms with Crippen molar-refractivity contribution in [3.05, 3.63) is 46.7 Å². The van der Waals surface area contributed by atoms with E-state index in [-0.39, 0.29) is 11.9 Å². The minimum Gasteiger partial charge on any atom is -0.497 e. The van der Waals surface area contributed by atoms with Crippen molar-refractivity contribution in [2.24, 2.45) is 0 Å². The number of rotatable bonds is 7. The lowest BCUT2D eigenvalue weighted by Gasteiger charge is -2.13. The number of benzene rings is 1. The van der Waals surface area contributed by atoms with Crippen LogP contribution >= 0.6 is 11.3 Å². The van der Waals surface area contributed by atoms with Gasteiger partial charge in [-0.05, 0) is 53.6 Å². The fourth-order valence-corrected chi connectivity index (χ4v) is 2.59. The minimum absolute atomic E-state index is 0.00508. The monoisotopic (exact) mass is 304 g/mol. The summed E-state index contributed by atoms with van der Waals surface area (Å²) in [4.78, 5) is 12.0. The molecule has 2 aromatic rings. The molecule has 0 bridgehead atoms. The van der Waals surface area contributed by atoms with Crippen LogP contribution in [0.25, 0.3) is 0 Å². The van der Waals surface area contributed by atoms with E-state index in [9.17, 15) is 4.79 Å². The van der Waals surface area contributed by atoms with Crippen molar-refractivity contribution in [1.29, 1.82) is 0 Å². The fourth-order valence-electron chi connectivity index (χ4n) is 1.92. The normalized spacial score (nSPS) is 11.9. The molecule has 0 saturated carbocycles. The van der Waals surface area contributed by atoms with Gasteiger partial charge in [-0.1, -0.05) is 0 Å². The van der Waals surface area contributed by atoms with Crippen molar-refractivity contribution in [1.82, 2.24) is 5.32 Å². The summed E-state index contributed by atoms with van der Waals surface area (Å²) >= 11 is 1.68. The zero-order valence-electron chi connectivity index (χ0n) is 12.3. The van der Waals surface area contributed by atoms with E-state index in [1.165, 1.54) is 5.56 Å². The summed E-state index contributed by atoms with van der Waals surface area (Å²) < 4.78 is 5.08. The number of carbonyl (C=O) groups is 1. The molecule has 0 aliphatic rings. The Kier molecular flexibility index (Phi) is 5.78. The summed E-state index contributed by atoms with van der Waals surface area (Å²) in [5.74, 6) is 0.782. The number of amides is 1. The van der Waals surface area contributed by atoms with Crippen LogP contribution in [0.2, 0.25) is 0 Å². The van der Waals surface area contributed by atoms with Crippen LogP contribution in [0.1, 0.15) is 18.9 Å². The second-order valence-corrected chi connectivity index (χ2v) is 5.67. The van der Waals surface area contributed by atoms with Crippen LogP contribution in [0.5, 0.6) is 5.75 Å². The number of hydrogen-bond donors (Lipinski definition) is 2. The molecule has 0 fully saturated rings. The molecule has 1 aromatic heterocycles. The number of methoxy groups -OCH3 is 1. The molecule has 0 unspecified atom stereocenters. The quantitative estimate of drug-likeness (QED) is 0.825. The van der Waals surface area contributed by atoms with Gasteiger partial charge < -0.3 is 15.4 Å². The number of carbonyl (C=O) groups excluding carboxylic acids is 1. The lowest BCUT2D eigenvalue weighted by molar-refractivity contribution is -0.116. The lowest BCUT2D eigenvalue weighted by Crippen LogP contribution is -2.30. The van der Waals surface area contributed by atoms with Crippen molar-refractivity contribution in [2.45, 2.75) is 25.9 Å². The molecule has 0 spiro atoms. The van der Waals surface area contributed by atoms with Crippen molar-refractivity contribution in [3.8, 4) is 5.75 Å². The average Bonchev–Trinajstić information content (AvgIpc) is 2.99. The van der Waals surface area contributed by atoms with Crippen LogP contribution in [0, 0.1) is 0 Å². The second-order valence-electron chi connectivity index (χ2n) is 4.89. The third kappa shape index (κ3) is 5.21. The first-order valence-electron chi connectivity index (χ1n) is 6.85. The third-order valence-corrected chi connectivity index (χ3v) is 3.83. The van der Waals surface area contributed by atoms with Gasteiger partial charge in [0.25, 0.3) is 0 Å². The summed E-state index contributed by atoms with van der Waals surface area (Å²) in [5.41, 5.74) is 2.04. The first-order valence-corrected chi connectivity index (χ1v) is 7.80. The highest BCUT2D eigenvalue weighted by Gasteiger charge is 2.09. The van der Waals surface area contributed by atoms with Gasteiger partial charge in [0.1, 0.15) is 5.75 Å². The number of hydrogen-bond acceptors (Lipinski definition) is 4. The van der Waals surface area contributed by atoms with Crippen LogP contribution in [0.15, 0.2) is 41.1 Å². The molecule has 0 aliphatic heterocycles. The minimum atomic E-state index is 0.00508. The summed E-state index contributed by atoms with van der Waals surface area (Å²) in [6, 6.07) is 9.53. The molecule has 112 valence electrons. The van der Waals surface area contributed by atoms with Gasteiger partial charge in [0.05, 0.1) is 7.11 Å². The van der Waals surface area contributed by atoms with E-state index in [0.717, 1.165) is 18.0 Å². The van der Waals surface area contributed by atoms with E-state index < -0.39 is 0 Å². The fraction of sp³-hybridized carbons (Fsp3) is 0.312. The summed E-state index contributed by atoms with van der Waals surface area (Å²) in [6.07, 6.45) is 0.441. The first kappa shape index (κ1) is 15.5. The maximum Gasteiger partial charge on any atom is 0.225 e. The Balaban J connectivity index is 1.75. The number of anilines is 1. The van der Waals surface area contributed by atoms with Crippen molar-refractivity contribution < 1.29 is 9.53 Å². The Labute approximate surface area is 129 Å². The Morgan fingerprint density at radius 2 is 2.05 bits per heavy atom. The molecule has 1 atom stereocenters. The molecule has 1 heterocycles. The molecule has 4 nitrogen and oxygen atoms in total. The Morgan fingerprint density at radius 1 is 1.29 bits per heavy atom. The first-order chi connectivity index (χ1) is 10.2. The van der Waals surface area contributed by atoms with Crippen molar-refractivity contribution in [3.63, 3.8) is 0 Å². The standard InChI is InChI=1S/C16H20N2O2S/c1-12(17-10-13-7-8-21-11-13)9-16(19)18-14-3-5-15(20-2)6-4-14/h3-8,11-12,17H,9-10H2,1-2H3,(H,18,19)/t12-/m0/s1. The molecule has 2 N–H and O–H groups in total.